The minimum atomic E-state index is -0.761. The third kappa shape index (κ3) is 5.92. The van der Waals surface area contributed by atoms with Crippen LogP contribution in [0.3, 0.4) is 0 Å². The molecule has 0 aromatic heterocycles. The summed E-state index contributed by atoms with van der Waals surface area (Å²) in [5, 5.41) is 13.8. The van der Waals surface area contributed by atoms with Gasteiger partial charge in [0.05, 0.1) is 20.8 Å². The number of hydrogen-bond acceptors (Lipinski definition) is 4. The topological polar surface area (TPSA) is 66.3 Å². The fraction of sp³-hybridized carbons (Fsp3) is 0.611. The van der Waals surface area contributed by atoms with Crippen LogP contribution in [0.2, 0.25) is 0 Å². The molecule has 0 radical (unpaired) electrons. The zero-order valence-corrected chi connectivity index (χ0v) is 15.5. The molecular formula is C18H31N3O3. The Kier molecular flexibility index (Phi) is 9.01. The van der Waals surface area contributed by atoms with Crippen LogP contribution in [0.15, 0.2) is 23.2 Å². The fourth-order valence-corrected chi connectivity index (χ4v) is 2.34. The SMILES string of the molecule is CCCCN(C)C(=NCC(O)c1cc(OC)ccc1OC)NCC. The van der Waals surface area contributed by atoms with Crippen LogP contribution >= 0.6 is 0 Å². The van der Waals surface area contributed by atoms with Gasteiger partial charge in [-0.3, -0.25) is 4.99 Å². The lowest BCUT2D eigenvalue weighted by Gasteiger charge is -2.22. The third-order valence-corrected chi connectivity index (χ3v) is 3.75. The molecule has 6 heteroatoms. The average Bonchev–Trinajstić information content (AvgIpc) is 2.62. The van der Waals surface area contributed by atoms with E-state index in [0.717, 1.165) is 31.9 Å². The molecule has 0 amide bonds. The smallest absolute Gasteiger partial charge is 0.193 e. The maximum atomic E-state index is 10.5. The highest BCUT2D eigenvalue weighted by molar-refractivity contribution is 5.79. The van der Waals surface area contributed by atoms with Crippen molar-refractivity contribution in [1.29, 1.82) is 0 Å². The summed E-state index contributed by atoms with van der Waals surface area (Å²) in [4.78, 5) is 6.64. The number of guanidine groups is 1. The molecule has 0 aliphatic rings. The van der Waals surface area contributed by atoms with Crippen LogP contribution in [0.1, 0.15) is 38.4 Å². The number of hydrogen-bond donors (Lipinski definition) is 2. The van der Waals surface area contributed by atoms with E-state index in [2.05, 4.69) is 22.1 Å². The van der Waals surface area contributed by atoms with Crippen molar-refractivity contribution in [2.45, 2.75) is 32.8 Å². The number of nitrogens with one attached hydrogen (secondary N) is 1. The first-order valence-electron chi connectivity index (χ1n) is 8.46. The maximum Gasteiger partial charge on any atom is 0.193 e. The molecule has 24 heavy (non-hydrogen) atoms. The molecule has 2 N–H and O–H groups in total. The highest BCUT2D eigenvalue weighted by atomic mass is 16.5. The van der Waals surface area contributed by atoms with Gasteiger partial charge in [0.2, 0.25) is 0 Å². The van der Waals surface area contributed by atoms with E-state index in [-0.39, 0.29) is 6.54 Å². The van der Waals surface area contributed by atoms with Gasteiger partial charge in [-0.05, 0) is 31.5 Å². The zero-order chi connectivity index (χ0) is 17.9. The average molecular weight is 337 g/mol. The van der Waals surface area contributed by atoms with Crippen molar-refractivity contribution in [1.82, 2.24) is 10.2 Å². The summed E-state index contributed by atoms with van der Waals surface area (Å²) in [7, 11) is 5.20. The van der Waals surface area contributed by atoms with Gasteiger partial charge in [0.15, 0.2) is 5.96 Å². The molecule has 0 spiro atoms. The molecule has 136 valence electrons. The van der Waals surface area contributed by atoms with Gasteiger partial charge in [0.25, 0.3) is 0 Å². The monoisotopic (exact) mass is 337 g/mol. The Morgan fingerprint density at radius 2 is 2.04 bits per heavy atom. The molecular weight excluding hydrogens is 306 g/mol. The van der Waals surface area contributed by atoms with E-state index >= 15 is 0 Å². The van der Waals surface area contributed by atoms with Crippen LogP contribution in [-0.4, -0.2) is 56.9 Å². The first kappa shape index (κ1) is 20.1. The fourth-order valence-electron chi connectivity index (χ4n) is 2.34. The lowest BCUT2D eigenvalue weighted by atomic mass is 10.1. The lowest BCUT2D eigenvalue weighted by Crippen LogP contribution is -2.39. The van der Waals surface area contributed by atoms with Crippen molar-refractivity contribution in [3.05, 3.63) is 23.8 Å². The summed E-state index contributed by atoms with van der Waals surface area (Å²) in [6.45, 7) is 6.17. The first-order chi connectivity index (χ1) is 11.6. The number of nitrogens with zero attached hydrogens (tertiary/aromatic N) is 2. The second-order valence-electron chi connectivity index (χ2n) is 5.59. The van der Waals surface area contributed by atoms with Crippen LogP contribution in [0, 0.1) is 0 Å². The van der Waals surface area contributed by atoms with Gasteiger partial charge < -0.3 is 24.8 Å². The van der Waals surface area contributed by atoms with Crippen LogP contribution in [0.25, 0.3) is 0 Å². The van der Waals surface area contributed by atoms with E-state index in [1.54, 1.807) is 32.4 Å². The van der Waals surface area contributed by atoms with Gasteiger partial charge >= 0.3 is 0 Å². The van der Waals surface area contributed by atoms with Crippen molar-refractivity contribution in [3.63, 3.8) is 0 Å². The Labute approximate surface area is 145 Å². The predicted molar refractivity (Wildman–Crippen MR) is 98.0 cm³/mol. The Balaban J connectivity index is 2.88. The third-order valence-electron chi connectivity index (χ3n) is 3.75. The molecule has 0 heterocycles. The normalized spacial score (nSPS) is 12.7. The molecule has 1 atom stereocenters. The van der Waals surface area contributed by atoms with E-state index in [0.29, 0.717) is 17.1 Å². The number of ether oxygens (including phenoxy) is 2. The van der Waals surface area contributed by atoms with Gasteiger partial charge in [0, 0.05) is 25.7 Å². The summed E-state index contributed by atoms with van der Waals surface area (Å²) in [6.07, 6.45) is 1.48. The molecule has 1 unspecified atom stereocenters. The predicted octanol–water partition coefficient (Wildman–Crippen LogP) is 2.43. The summed E-state index contributed by atoms with van der Waals surface area (Å²) in [5.74, 6) is 2.11. The number of aliphatic hydroxyl groups is 1. The van der Waals surface area contributed by atoms with Crippen LogP contribution in [0.4, 0.5) is 0 Å². The standard InChI is InChI=1S/C18H31N3O3/c1-6-8-11-21(3)18(19-7-2)20-13-16(22)15-12-14(23-4)9-10-17(15)24-5/h9-10,12,16,22H,6-8,11,13H2,1-5H3,(H,19,20). The molecule has 0 aliphatic heterocycles. The largest absolute Gasteiger partial charge is 0.497 e. The molecule has 1 aromatic rings. The molecule has 0 fully saturated rings. The maximum absolute atomic E-state index is 10.5. The van der Waals surface area contributed by atoms with E-state index in [4.69, 9.17) is 9.47 Å². The minimum Gasteiger partial charge on any atom is -0.497 e. The van der Waals surface area contributed by atoms with Crippen molar-refractivity contribution in [2.24, 2.45) is 4.99 Å². The minimum absolute atomic E-state index is 0.252. The molecule has 0 bridgehead atoms. The second kappa shape index (κ2) is 10.8. The molecule has 0 saturated carbocycles. The van der Waals surface area contributed by atoms with Crippen molar-refractivity contribution >= 4 is 5.96 Å². The summed E-state index contributed by atoms with van der Waals surface area (Å²) < 4.78 is 10.6. The lowest BCUT2D eigenvalue weighted by molar-refractivity contribution is 0.181. The van der Waals surface area contributed by atoms with E-state index in [9.17, 15) is 5.11 Å². The highest BCUT2D eigenvalue weighted by Gasteiger charge is 2.15. The zero-order valence-electron chi connectivity index (χ0n) is 15.5. The van der Waals surface area contributed by atoms with Gasteiger partial charge in [-0.15, -0.1) is 0 Å². The Bertz CT molecular complexity index is 520. The summed E-state index contributed by atoms with van der Waals surface area (Å²) in [6, 6.07) is 5.38. The Hall–Kier alpha value is -1.95. The number of rotatable bonds is 9. The molecule has 1 aromatic carbocycles. The van der Waals surface area contributed by atoms with E-state index in [1.807, 2.05) is 14.0 Å². The van der Waals surface area contributed by atoms with Gasteiger partial charge in [-0.2, -0.15) is 0 Å². The number of benzene rings is 1. The molecule has 0 aliphatic carbocycles. The molecule has 1 rings (SSSR count). The Morgan fingerprint density at radius 1 is 1.29 bits per heavy atom. The van der Waals surface area contributed by atoms with Crippen molar-refractivity contribution < 1.29 is 14.6 Å². The van der Waals surface area contributed by atoms with E-state index in [1.165, 1.54) is 0 Å². The van der Waals surface area contributed by atoms with Crippen LogP contribution in [0.5, 0.6) is 11.5 Å². The number of methoxy groups -OCH3 is 2. The van der Waals surface area contributed by atoms with Crippen molar-refractivity contribution in [2.75, 3.05) is 40.9 Å². The second-order valence-corrected chi connectivity index (χ2v) is 5.59. The number of unbranched alkanes of at least 4 members (excludes halogenated alkanes) is 1. The van der Waals surface area contributed by atoms with Crippen LogP contribution in [-0.2, 0) is 0 Å². The summed E-state index contributed by atoms with van der Waals surface area (Å²) in [5.41, 5.74) is 0.674. The number of aliphatic hydroxyl groups excluding tert-OH is 1. The van der Waals surface area contributed by atoms with E-state index < -0.39 is 6.10 Å². The highest BCUT2D eigenvalue weighted by Crippen LogP contribution is 2.29. The van der Waals surface area contributed by atoms with Crippen LogP contribution < -0.4 is 14.8 Å². The summed E-state index contributed by atoms with van der Waals surface area (Å²) >= 11 is 0. The van der Waals surface area contributed by atoms with Gasteiger partial charge in [-0.1, -0.05) is 13.3 Å². The van der Waals surface area contributed by atoms with Gasteiger partial charge in [-0.25, -0.2) is 0 Å². The molecule has 0 saturated heterocycles. The quantitative estimate of drug-likeness (QED) is 0.535. The first-order valence-corrected chi connectivity index (χ1v) is 8.46. The number of aliphatic imine (C=N–C) groups is 1. The van der Waals surface area contributed by atoms with Crippen molar-refractivity contribution in [3.8, 4) is 11.5 Å². The molecule has 6 nitrogen and oxygen atoms in total. The van der Waals surface area contributed by atoms with Gasteiger partial charge in [0.1, 0.15) is 17.6 Å². The Morgan fingerprint density at radius 3 is 2.62 bits per heavy atom.